The molecule has 1 atom stereocenters. The van der Waals surface area contributed by atoms with Crippen LogP contribution in [0.25, 0.3) is 0 Å². The average molecular weight is 451 g/mol. The molecule has 2 aromatic carbocycles. The number of amides is 1. The van der Waals surface area contributed by atoms with Crippen LogP contribution in [0.3, 0.4) is 0 Å². The zero-order chi connectivity index (χ0) is 23.6. The number of anilines is 1. The van der Waals surface area contributed by atoms with Crippen LogP contribution in [-0.2, 0) is 4.79 Å². The maximum Gasteiger partial charge on any atom is 0.225 e. The normalized spacial score (nSPS) is 15.7. The van der Waals surface area contributed by atoms with E-state index in [1.165, 1.54) is 17.7 Å². The number of piperazine rings is 1. The first kappa shape index (κ1) is 24.9. The molecule has 33 heavy (non-hydrogen) atoms. The molecule has 0 spiro atoms. The average Bonchev–Trinajstić information content (AvgIpc) is 2.83. The molecule has 1 fully saturated rings. The number of nitrogens with zero attached hydrogens (tertiary/aromatic N) is 3. The topological polar surface area (TPSA) is 59.4 Å². The van der Waals surface area contributed by atoms with Crippen LogP contribution in [0.2, 0.25) is 0 Å². The highest BCUT2D eigenvalue weighted by Gasteiger charge is 2.18. The van der Waals surface area contributed by atoms with Gasteiger partial charge in [0.1, 0.15) is 5.82 Å². The summed E-state index contributed by atoms with van der Waals surface area (Å²) in [7, 11) is 0. The third-order valence-corrected chi connectivity index (χ3v) is 6.61. The minimum atomic E-state index is -0.305. The van der Waals surface area contributed by atoms with Gasteiger partial charge in [0, 0.05) is 44.8 Å². The molecular weight excluding hydrogens is 415 g/mol. The molecule has 1 N–H and O–H groups in total. The number of benzene rings is 2. The Morgan fingerprint density at radius 3 is 2.36 bits per heavy atom. The quantitative estimate of drug-likeness (QED) is 0.558. The number of carbonyl (C=O) groups excluding carboxylic acids is 1. The lowest BCUT2D eigenvalue weighted by molar-refractivity contribution is -0.116. The maximum absolute atomic E-state index is 13.0. The van der Waals surface area contributed by atoms with E-state index in [2.05, 4.69) is 40.2 Å². The van der Waals surface area contributed by atoms with Crippen LogP contribution in [-0.4, -0.2) is 55.0 Å². The van der Waals surface area contributed by atoms with Gasteiger partial charge in [-0.1, -0.05) is 19.1 Å². The Kier molecular flexibility index (Phi) is 9.41. The van der Waals surface area contributed by atoms with Gasteiger partial charge in [-0.3, -0.25) is 4.79 Å². The van der Waals surface area contributed by atoms with E-state index in [4.69, 9.17) is 5.26 Å². The smallest absolute Gasteiger partial charge is 0.225 e. The summed E-state index contributed by atoms with van der Waals surface area (Å²) in [6.45, 7) is 10.1. The van der Waals surface area contributed by atoms with Gasteiger partial charge in [-0.05, 0) is 80.1 Å². The molecule has 0 radical (unpaired) electrons. The molecule has 0 aromatic heterocycles. The van der Waals surface area contributed by atoms with Crippen LogP contribution in [0.5, 0.6) is 0 Å². The van der Waals surface area contributed by atoms with Crippen molar-refractivity contribution < 1.29 is 9.18 Å². The number of hydrogen-bond donors (Lipinski definition) is 1. The third kappa shape index (κ3) is 7.66. The van der Waals surface area contributed by atoms with Crippen LogP contribution in [0.4, 0.5) is 10.1 Å². The molecule has 1 heterocycles. The molecule has 0 saturated carbocycles. The van der Waals surface area contributed by atoms with E-state index < -0.39 is 0 Å². The second-order valence-corrected chi connectivity index (χ2v) is 8.92. The van der Waals surface area contributed by atoms with Crippen molar-refractivity contribution in [3.63, 3.8) is 0 Å². The number of aryl methyl sites for hydroxylation is 1. The van der Waals surface area contributed by atoms with E-state index in [1.807, 2.05) is 13.0 Å². The monoisotopic (exact) mass is 450 g/mol. The van der Waals surface area contributed by atoms with Crippen molar-refractivity contribution in [3.8, 4) is 6.07 Å². The zero-order valence-electron chi connectivity index (χ0n) is 19.8. The summed E-state index contributed by atoms with van der Waals surface area (Å²) < 4.78 is 13.0. The Hall–Kier alpha value is -2.75. The summed E-state index contributed by atoms with van der Waals surface area (Å²) in [4.78, 5) is 17.0. The number of halogens is 1. The fourth-order valence-corrected chi connectivity index (χ4v) is 4.49. The Bertz CT molecular complexity index is 946. The van der Waals surface area contributed by atoms with Gasteiger partial charge in [0.2, 0.25) is 5.91 Å². The molecule has 1 aliphatic rings. The first-order valence-corrected chi connectivity index (χ1v) is 12.0. The minimum absolute atomic E-state index is 0.0346. The van der Waals surface area contributed by atoms with Gasteiger partial charge >= 0.3 is 0 Å². The summed E-state index contributed by atoms with van der Waals surface area (Å²) in [5.41, 5.74) is 3.81. The molecule has 176 valence electrons. The van der Waals surface area contributed by atoms with Crippen LogP contribution in [0.15, 0.2) is 42.5 Å². The molecule has 0 aliphatic carbocycles. The first-order valence-electron chi connectivity index (χ1n) is 12.0. The van der Waals surface area contributed by atoms with Gasteiger partial charge in [-0.2, -0.15) is 5.26 Å². The van der Waals surface area contributed by atoms with Crippen LogP contribution < -0.4 is 5.32 Å². The lowest BCUT2D eigenvalue weighted by atomic mass is 9.90. The lowest BCUT2D eigenvalue weighted by Crippen LogP contribution is -2.47. The highest BCUT2D eigenvalue weighted by molar-refractivity contribution is 5.90. The lowest BCUT2D eigenvalue weighted by Gasteiger charge is -2.34. The number of carbonyl (C=O) groups is 1. The van der Waals surface area contributed by atoms with Gasteiger partial charge in [0.15, 0.2) is 0 Å². The summed E-state index contributed by atoms with van der Waals surface area (Å²) in [6, 6.07) is 14.4. The molecule has 1 amide bonds. The van der Waals surface area contributed by atoms with E-state index >= 15 is 0 Å². The molecule has 2 aromatic rings. The van der Waals surface area contributed by atoms with Crippen LogP contribution >= 0.6 is 0 Å². The van der Waals surface area contributed by atoms with E-state index in [-0.39, 0.29) is 11.7 Å². The maximum atomic E-state index is 13.0. The first-order chi connectivity index (χ1) is 16.0. The van der Waals surface area contributed by atoms with Crippen LogP contribution in [0, 0.1) is 24.1 Å². The molecule has 5 nitrogen and oxygen atoms in total. The molecule has 3 rings (SSSR count). The third-order valence-electron chi connectivity index (χ3n) is 6.61. The van der Waals surface area contributed by atoms with Crippen molar-refractivity contribution in [2.75, 3.05) is 44.6 Å². The van der Waals surface area contributed by atoms with Gasteiger partial charge in [0.05, 0.1) is 11.6 Å². The molecule has 6 heteroatoms. The Labute approximate surface area is 197 Å². The number of rotatable bonds is 10. The fourth-order valence-electron chi connectivity index (χ4n) is 4.49. The van der Waals surface area contributed by atoms with E-state index in [0.29, 0.717) is 18.0 Å². The summed E-state index contributed by atoms with van der Waals surface area (Å²) in [6.07, 6.45) is 3.88. The second kappa shape index (κ2) is 12.5. The van der Waals surface area contributed by atoms with Gasteiger partial charge < -0.3 is 15.1 Å². The standard InChI is InChI=1S/C27H35FN4O/c1-3-22(23-6-7-24(20-29)21(2)19-23)5-4-13-31-15-17-32(18-16-31)14-12-27(33)30-26-10-8-25(28)9-11-26/h6-11,19,22H,3-5,12-18H2,1-2H3,(H,30,33). The van der Waals surface area contributed by atoms with Crippen molar-refractivity contribution >= 4 is 11.6 Å². The van der Waals surface area contributed by atoms with Crippen molar-refractivity contribution in [3.05, 3.63) is 65.0 Å². The van der Waals surface area contributed by atoms with Crippen molar-refractivity contribution in [1.82, 2.24) is 9.80 Å². The van der Waals surface area contributed by atoms with E-state index in [0.717, 1.165) is 69.7 Å². The molecule has 0 bridgehead atoms. The number of hydrogen-bond acceptors (Lipinski definition) is 4. The Balaban J connectivity index is 1.33. The molecule has 1 aliphatic heterocycles. The van der Waals surface area contributed by atoms with E-state index in [9.17, 15) is 9.18 Å². The second-order valence-electron chi connectivity index (χ2n) is 8.92. The Morgan fingerprint density at radius 2 is 1.76 bits per heavy atom. The summed E-state index contributed by atoms with van der Waals surface area (Å²) in [5.74, 6) is 0.200. The summed E-state index contributed by atoms with van der Waals surface area (Å²) in [5, 5.41) is 12.0. The number of nitriles is 1. The minimum Gasteiger partial charge on any atom is -0.326 e. The molecule has 1 unspecified atom stereocenters. The van der Waals surface area contributed by atoms with Crippen molar-refractivity contribution in [1.29, 1.82) is 5.26 Å². The van der Waals surface area contributed by atoms with Gasteiger partial charge in [0.25, 0.3) is 0 Å². The number of nitrogens with one attached hydrogen (secondary N) is 1. The van der Waals surface area contributed by atoms with Crippen molar-refractivity contribution in [2.45, 2.75) is 45.4 Å². The van der Waals surface area contributed by atoms with Gasteiger partial charge in [-0.15, -0.1) is 0 Å². The summed E-state index contributed by atoms with van der Waals surface area (Å²) >= 11 is 0. The van der Waals surface area contributed by atoms with Gasteiger partial charge in [-0.25, -0.2) is 4.39 Å². The highest BCUT2D eigenvalue weighted by atomic mass is 19.1. The van der Waals surface area contributed by atoms with Crippen LogP contribution in [0.1, 0.15) is 55.2 Å². The SMILES string of the molecule is CCC(CCCN1CCN(CCC(=O)Nc2ccc(F)cc2)CC1)c1ccc(C#N)c(C)c1. The van der Waals surface area contributed by atoms with E-state index in [1.54, 1.807) is 12.1 Å². The predicted octanol–water partition coefficient (Wildman–Crippen LogP) is 4.93. The Morgan fingerprint density at radius 1 is 1.09 bits per heavy atom. The highest BCUT2D eigenvalue weighted by Crippen LogP contribution is 2.26. The predicted molar refractivity (Wildman–Crippen MR) is 131 cm³/mol. The van der Waals surface area contributed by atoms with Crippen molar-refractivity contribution in [2.24, 2.45) is 0 Å². The molecular formula is C27H35FN4O. The fraction of sp³-hybridized carbons (Fsp3) is 0.481. The molecule has 1 saturated heterocycles. The largest absolute Gasteiger partial charge is 0.326 e. The zero-order valence-corrected chi connectivity index (χ0v) is 19.8.